The van der Waals surface area contributed by atoms with Gasteiger partial charge in [-0.1, -0.05) is 6.92 Å². The van der Waals surface area contributed by atoms with E-state index in [1.54, 1.807) is 0 Å². The fourth-order valence-electron chi connectivity index (χ4n) is 2.22. The lowest BCUT2D eigenvalue weighted by molar-refractivity contribution is 0.0568. The van der Waals surface area contributed by atoms with Crippen LogP contribution in [-0.4, -0.2) is 28.4 Å². The van der Waals surface area contributed by atoms with E-state index in [2.05, 4.69) is 18.8 Å². The van der Waals surface area contributed by atoms with Gasteiger partial charge in [0, 0.05) is 24.5 Å². The van der Waals surface area contributed by atoms with E-state index < -0.39 is 0 Å². The summed E-state index contributed by atoms with van der Waals surface area (Å²) in [7, 11) is 0. The monoisotopic (exact) mass is 289 g/mol. The maximum absolute atomic E-state index is 12.3. The van der Waals surface area contributed by atoms with Crippen LogP contribution in [-0.2, 0) is 6.54 Å². The number of thiazole rings is 1. The minimum atomic E-state index is 0. The van der Waals surface area contributed by atoms with Crippen molar-refractivity contribution in [3.8, 4) is 0 Å². The first-order valence-electron chi connectivity index (χ1n) is 6.07. The van der Waals surface area contributed by atoms with E-state index in [0.29, 0.717) is 24.2 Å². The first-order valence-corrected chi connectivity index (χ1v) is 6.95. The van der Waals surface area contributed by atoms with Gasteiger partial charge in [0.25, 0.3) is 5.91 Å². The van der Waals surface area contributed by atoms with E-state index in [4.69, 9.17) is 5.73 Å². The third-order valence-electron chi connectivity index (χ3n) is 3.32. The van der Waals surface area contributed by atoms with Gasteiger partial charge in [-0.05, 0) is 25.7 Å². The Bertz CT molecular complexity index is 410. The van der Waals surface area contributed by atoms with Gasteiger partial charge < -0.3 is 10.6 Å². The molecule has 0 saturated carbocycles. The average Bonchev–Trinajstić information content (AvgIpc) is 2.80. The second-order valence-electron chi connectivity index (χ2n) is 4.82. The lowest BCUT2D eigenvalue weighted by Crippen LogP contribution is -2.45. The SMILES string of the molecule is CC1CCC(C)N(C(=O)c2csc(CN)n2)C1.Cl. The minimum Gasteiger partial charge on any atom is -0.334 e. The zero-order valence-electron chi connectivity index (χ0n) is 10.8. The summed E-state index contributed by atoms with van der Waals surface area (Å²) >= 11 is 1.46. The second kappa shape index (κ2) is 6.50. The van der Waals surface area contributed by atoms with Crippen molar-refractivity contribution >= 4 is 29.7 Å². The highest BCUT2D eigenvalue weighted by Crippen LogP contribution is 2.23. The molecule has 1 amide bonds. The number of nitrogens with two attached hydrogens (primary N) is 1. The molecule has 2 heterocycles. The van der Waals surface area contributed by atoms with Gasteiger partial charge in [0.15, 0.2) is 0 Å². The molecule has 2 rings (SSSR count). The smallest absolute Gasteiger partial charge is 0.273 e. The van der Waals surface area contributed by atoms with Crippen LogP contribution in [0.5, 0.6) is 0 Å². The Morgan fingerprint density at radius 1 is 1.56 bits per heavy atom. The van der Waals surface area contributed by atoms with E-state index in [0.717, 1.165) is 18.0 Å². The Hall–Kier alpha value is -0.650. The maximum Gasteiger partial charge on any atom is 0.273 e. The van der Waals surface area contributed by atoms with Crippen LogP contribution in [0.15, 0.2) is 5.38 Å². The van der Waals surface area contributed by atoms with Crippen LogP contribution in [0.4, 0.5) is 0 Å². The van der Waals surface area contributed by atoms with Crippen LogP contribution >= 0.6 is 23.7 Å². The molecule has 1 aromatic rings. The van der Waals surface area contributed by atoms with Crippen molar-refractivity contribution in [3.05, 3.63) is 16.1 Å². The highest BCUT2D eigenvalue weighted by atomic mass is 35.5. The van der Waals surface area contributed by atoms with Crippen molar-refractivity contribution in [2.75, 3.05) is 6.54 Å². The number of rotatable bonds is 2. The van der Waals surface area contributed by atoms with Crippen LogP contribution < -0.4 is 5.73 Å². The van der Waals surface area contributed by atoms with E-state index in [1.165, 1.54) is 17.8 Å². The molecule has 0 bridgehead atoms. The van der Waals surface area contributed by atoms with Gasteiger partial charge in [0.1, 0.15) is 10.7 Å². The lowest BCUT2D eigenvalue weighted by atomic mass is 9.95. The zero-order chi connectivity index (χ0) is 12.4. The van der Waals surface area contributed by atoms with Crippen LogP contribution in [0.3, 0.4) is 0 Å². The van der Waals surface area contributed by atoms with Crippen LogP contribution in [0.1, 0.15) is 42.2 Å². The van der Waals surface area contributed by atoms with Crippen LogP contribution in [0.2, 0.25) is 0 Å². The van der Waals surface area contributed by atoms with Crippen molar-refractivity contribution in [1.29, 1.82) is 0 Å². The Morgan fingerprint density at radius 2 is 2.28 bits per heavy atom. The standard InChI is InChI=1S/C12H19N3OS.ClH/c1-8-3-4-9(2)15(6-8)12(16)10-7-17-11(5-13)14-10;/h7-9H,3-6,13H2,1-2H3;1H. The number of piperidine rings is 1. The molecule has 18 heavy (non-hydrogen) atoms. The van der Waals surface area contributed by atoms with Crippen molar-refractivity contribution in [1.82, 2.24) is 9.88 Å². The predicted molar refractivity (Wildman–Crippen MR) is 76.1 cm³/mol. The third kappa shape index (κ3) is 3.22. The summed E-state index contributed by atoms with van der Waals surface area (Å²) in [4.78, 5) is 18.5. The fraction of sp³-hybridized carbons (Fsp3) is 0.667. The number of likely N-dealkylation sites (tertiary alicyclic amines) is 1. The molecule has 1 aliphatic rings. The average molecular weight is 290 g/mol. The molecular weight excluding hydrogens is 270 g/mol. The largest absolute Gasteiger partial charge is 0.334 e. The van der Waals surface area contributed by atoms with Gasteiger partial charge in [0.2, 0.25) is 0 Å². The van der Waals surface area contributed by atoms with Gasteiger partial charge in [-0.25, -0.2) is 4.98 Å². The number of amides is 1. The molecular formula is C12H20ClN3OS. The summed E-state index contributed by atoms with van der Waals surface area (Å²) in [6.07, 6.45) is 2.29. The molecule has 0 aliphatic carbocycles. The number of hydrogen-bond acceptors (Lipinski definition) is 4. The number of hydrogen-bond donors (Lipinski definition) is 1. The van der Waals surface area contributed by atoms with Crippen LogP contribution in [0, 0.1) is 5.92 Å². The number of nitrogens with zero attached hydrogens (tertiary/aromatic N) is 2. The molecule has 2 atom stereocenters. The first kappa shape index (κ1) is 15.4. The summed E-state index contributed by atoms with van der Waals surface area (Å²) < 4.78 is 0. The quantitative estimate of drug-likeness (QED) is 0.909. The molecule has 1 fully saturated rings. The molecule has 1 saturated heterocycles. The number of halogens is 1. The van der Waals surface area contributed by atoms with E-state index in [1.807, 2.05) is 10.3 Å². The molecule has 0 spiro atoms. The summed E-state index contributed by atoms with van der Waals surface area (Å²) in [6, 6.07) is 0.321. The van der Waals surface area contributed by atoms with Gasteiger partial charge in [-0.15, -0.1) is 23.7 Å². The third-order valence-corrected chi connectivity index (χ3v) is 4.20. The zero-order valence-corrected chi connectivity index (χ0v) is 12.4. The van der Waals surface area contributed by atoms with Gasteiger partial charge in [-0.2, -0.15) is 0 Å². The van der Waals surface area contributed by atoms with Crippen LogP contribution in [0.25, 0.3) is 0 Å². The number of carbonyl (C=O) groups is 1. The van der Waals surface area contributed by atoms with Gasteiger partial charge in [0.05, 0.1) is 0 Å². The Balaban J connectivity index is 0.00000162. The lowest BCUT2D eigenvalue weighted by Gasteiger charge is -2.36. The number of aromatic nitrogens is 1. The van der Waals surface area contributed by atoms with E-state index in [-0.39, 0.29) is 18.3 Å². The molecule has 1 aliphatic heterocycles. The van der Waals surface area contributed by atoms with Crippen molar-refractivity contribution < 1.29 is 4.79 Å². The summed E-state index contributed by atoms with van der Waals surface area (Å²) in [5.41, 5.74) is 6.07. The summed E-state index contributed by atoms with van der Waals surface area (Å²) in [5.74, 6) is 0.641. The van der Waals surface area contributed by atoms with E-state index in [9.17, 15) is 4.79 Å². The minimum absolute atomic E-state index is 0. The molecule has 1 aromatic heterocycles. The molecule has 2 unspecified atom stereocenters. The van der Waals surface area contributed by atoms with Gasteiger partial charge in [-0.3, -0.25) is 4.79 Å². The normalized spacial score (nSPS) is 23.6. The Labute approximate surface area is 118 Å². The highest BCUT2D eigenvalue weighted by molar-refractivity contribution is 7.09. The van der Waals surface area contributed by atoms with Crippen molar-refractivity contribution in [2.45, 2.75) is 39.3 Å². The van der Waals surface area contributed by atoms with Crippen molar-refractivity contribution in [2.24, 2.45) is 11.7 Å². The fourth-order valence-corrected chi connectivity index (χ4v) is 2.87. The highest BCUT2D eigenvalue weighted by Gasteiger charge is 2.28. The number of carbonyl (C=O) groups excluding carboxylic acids is 1. The van der Waals surface area contributed by atoms with E-state index >= 15 is 0 Å². The Kier molecular flexibility index (Phi) is 5.56. The molecule has 6 heteroatoms. The molecule has 4 nitrogen and oxygen atoms in total. The summed E-state index contributed by atoms with van der Waals surface area (Å²) in [6.45, 7) is 5.55. The molecule has 0 aromatic carbocycles. The van der Waals surface area contributed by atoms with Gasteiger partial charge >= 0.3 is 0 Å². The topological polar surface area (TPSA) is 59.2 Å². The predicted octanol–water partition coefficient (Wildman–Crippen LogP) is 2.28. The first-order chi connectivity index (χ1) is 8.11. The Morgan fingerprint density at radius 3 is 2.89 bits per heavy atom. The van der Waals surface area contributed by atoms with Crippen molar-refractivity contribution in [3.63, 3.8) is 0 Å². The molecule has 0 radical (unpaired) electrons. The summed E-state index contributed by atoms with van der Waals surface area (Å²) in [5, 5.41) is 2.64. The molecule has 102 valence electrons. The second-order valence-corrected chi connectivity index (χ2v) is 5.76. The maximum atomic E-state index is 12.3. The molecule has 2 N–H and O–H groups in total.